The predicted molar refractivity (Wildman–Crippen MR) is 107 cm³/mol. The summed E-state index contributed by atoms with van der Waals surface area (Å²) < 4.78 is 5.57. The van der Waals surface area contributed by atoms with Crippen molar-refractivity contribution in [2.45, 2.75) is 44.2 Å². The van der Waals surface area contributed by atoms with Crippen LogP contribution in [0.25, 0.3) is 0 Å². The molecule has 1 aliphatic rings. The van der Waals surface area contributed by atoms with Crippen LogP contribution in [0.4, 0.5) is 4.79 Å². The maximum absolute atomic E-state index is 12.8. The summed E-state index contributed by atoms with van der Waals surface area (Å²) in [6.07, 6.45) is 5.90. The van der Waals surface area contributed by atoms with Gasteiger partial charge in [0.25, 0.3) is 0 Å². The summed E-state index contributed by atoms with van der Waals surface area (Å²) in [6, 6.07) is 3.20. The van der Waals surface area contributed by atoms with Gasteiger partial charge in [-0.3, -0.25) is 14.7 Å². The summed E-state index contributed by atoms with van der Waals surface area (Å²) in [5.41, 5.74) is 0.268. The Kier molecular flexibility index (Phi) is 7.64. The summed E-state index contributed by atoms with van der Waals surface area (Å²) in [5, 5.41) is 2.67. The van der Waals surface area contributed by atoms with Gasteiger partial charge in [-0.05, 0) is 45.3 Å². The Morgan fingerprint density at radius 2 is 2.23 bits per heavy atom. The van der Waals surface area contributed by atoms with Gasteiger partial charge >= 0.3 is 6.09 Å². The Bertz CT molecular complexity index is 607. The Balaban J connectivity index is 2.15. The minimum Gasteiger partial charge on any atom is -0.444 e. The van der Waals surface area contributed by atoms with E-state index >= 15 is 0 Å². The number of ether oxygens (including phenoxy) is 1. The van der Waals surface area contributed by atoms with E-state index in [1.165, 1.54) is 0 Å². The highest BCUT2D eigenvalue weighted by atomic mass is 32.2. The quantitative estimate of drug-likeness (QED) is 0.743. The molecule has 1 saturated heterocycles. The van der Waals surface area contributed by atoms with E-state index in [-0.39, 0.29) is 11.3 Å². The van der Waals surface area contributed by atoms with E-state index in [1.807, 2.05) is 39.2 Å². The van der Waals surface area contributed by atoms with Gasteiger partial charge < -0.3 is 10.1 Å². The molecule has 2 heterocycles. The van der Waals surface area contributed by atoms with E-state index in [1.54, 1.807) is 40.8 Å². The van der Waals surface area contributed by atoms with Crippen molar-refractivity contribution in [3.8, 4) is 0 Å². The van der Waals surface area contributed by atoms with Gasteiger partial charge in [0.1, 0.15) is 17.0 Å². The molecule has 1 aromatic heterocycles. The lowest BCUT2D eigenvalue weighted by Crippen LogP contribution is -2.49. The van der Waals surface area contributed by atoms with Gasteiger partial charge in [-0.1, -0.05) is 6.07 Å². The maximum atomic E-state index is 12.8. The zero-order valence-corrected chi connectivity index (χ0v) is 17.4. The van der Waals surface area contributed by atoms with Crippen molar-refractivity contribution in [3.63, 3.8) is 0 Å². The van der Waals surface area contributed by atoms with Crippen molar-refractivity contribution < 1.29 is 14.3 Å². The van der Waals surface area contributed by atoms with Crippen LogP contribution in [-0.2, 0) is 9.53 Å². The molecular weight excluding hydrogens is 370 g/mol. The van der Waals surface area contributed by atoms with Gasteiger partial charge in [0.2, 0.25) is 5.91 Å². The van der Waals surface area contributed by atoms with Crippen molar-refractivity contribution in [3.05, 3.63) is 30.1 Å². The molecule has 1 aliphatic heterocycles. The minimum absolute atomic E-state index is 0.129. The SMILES string of the molecule is CSCCCNC(=O)C1CSC(c2cccnc2)N1C(=O)OC(C)(C)C. The Hall–Kier alpha value is -1.41. The number of hydrogen-bond donors (Lipinski definition) is 1. The maximum Gasteiger partial charge on any atom is 0.412 e. The van der Waals surface area contributed by atoms with E-state index in [2.05, 4.69) is 10.3 Å². The standard InChI is InChI=1S/C18H27N3O3S2/c1-18(2,3)24-17(23)21-14(15(22)20-9-6-10-25-4)12-26-16(21)13-7-5-8-19-11-13/h5,7-8,11,14,16H,6,9-10,12H2,1-4H3,(H,20,22). The zero-order chi connectivity index (χ0) is 19.2. The van der Waals surface area contributed by atoms with Crippen molar-refractivity contribution >= 4 is 35.5 Å². The first-order valence-corrected chi connectivity index (χ1v) is 11.1. The average Bonchev–Trinajstić information content (AvgIpc) is 3.03. The molecule has 2 atom stereocenters. The van der Waals surface area contributed by atoms with E-state index < -0.39 is 17.7 Å². The van der Waals surface area contributed by atoms with Gasteiger partial charge in [0, 0.05) is 30.3 Å². The van der Waals surface area contributed by atoms with Gasteiger partial charge in [0.15, 0.2) is 0 Å². The van der Waals surface area contributed by atoms with Crippen LogP contribution in [0.5, 0.6) is 0 Å². The number of nitrogens with zero attached hydrogens (tertiary/aromatic N) is 2. The number of rotatable bonds is 6. The van der Waals surface area contributed by atoms with Crippen molar-refractivity contribution in [2.24, 2.45) is 0 Å². The average molecular weight is 398 g/mol. The van der Waals surface area contributed by atoms with Gasteiger partial charge in [-0.15, -0.1) is 11.8 Å². The van der Waals surface area contributed by atoms with Crippen LogP contribution in [0.3, 0.4) is 0 Å². The summed E-state index contributed by atoms with van der Waals surface area (Å²) in [5.74, 6) is 1.40. The lowest BCUT2D eigenvalue weighted by Gasteiger charge is -2.31. The molecule has 1 fully saturated rings. The number of nitrogens with one attached hydrogen (secondary N) is 1. The molecule has 0 saturated carbocycles. The minimum atomic E-state index is -0.622. The van der Waals surface area contributed by atoms with E-state index in [4.69, 9.17) is 4.74 Å². The fourth-order valence-electron chi connectivity index (χ4n) is 2.57. The van der Waals surface area contributed by atoms with E-state index in [0.717, 1.165) is 17.7 Å². The predicted octanol–water partition coefficient (Wildman–Crippen LogP) is 3.30. The zero-order valence-electron chi connectivity index (χ0n) is 15.7. The molecule has 26 heavy (non-hydrogen) atoms. The van der Waals surface area contributed by atoms with E-state index in [9.17, 15) is 9.59 Å². The molecule has 6 nitrogen and oxygen atoms in total. The number of carbonyl (C=O) groups is 2. The van der Waals surface area contributed by atoms with Crippen LogP contribution >= 0.6 is 23.5 Å². The van der Waals surface area contributed by atoms with Crippen LogP contribution in [0.15, 0.2) is 24.5 Å². The Labute approximate surface area is 163 Å². The highest BCUT2D eigenvalue weighted by Crippen LogP contribution is 2.41. The molecule has 0 aromatic carbocycles. The molecule has 0 bridgehead atoms. The largest absolute Gasteiger partial charge is 0.444 e. The van der Waals surface area contributed by atoms with Gasteiger partial charge in [0.05, 0.1) is 0 Å². The van der Waals surface area contributed by atoms with Crippen LogP contribution < -0.4 is 5.32 Å². The number of hydrogen-bond acceptors (Lipinski definition) is 6. The number of pyridine rings is 1. The fraction of sp³-hybridized carbons (Fsp3) is 0.611. The van der Waals surface area contributed by atoms with Crippen LogP contribution in [0.1, 0.15) is 38.1 Å². The Morgan fingerprint density at radius 3 is 2.85 bits per heavy atom. The summed E-state index contributed by atoms with van der Waals surface area (Å²) in [4.78, 5) is 31.2. The first-order chi connectivity index (χ1) is 12.3. The third kappa shape index (κ3) is 5.81. The molecule has 144 valence electrons. The molecule has 1 aromatic rings. The second-order valence-electron chi connectivity index (χ2n) is 7.01. The van der Waals surface area contributed by atoms with Gasteiger partial charge in [-0.25, -0.2) is 4.79 Å². The lowest BCUT2D eigenvalue weighted by molar-refractivity contribution is -0.125. The highest BCUT2D eigenvalue weighted by molar-refractivity contribution is 7.99. The Morgan fingerprint density at radius 1 is 1.46 bits per heavy atom. The first-order valence-electron chi connectivity index (χ1n) is 8.63. The van der Waals surface area contributed by atoms with Crippen molar-refractivity contribution in [1.82, 2.24) is 15.2 Å². The summed E-state index contributed by atoms with van der Waals surface area (Å²) >= 11 is 3.31. The topological polar surface area (TPSA) is 71.5 Å². The molecule has 0 spiro atoms. The van der Waals surface area contributed by atoms with Crippen LogP contribution in [-0.4, -0.2) is 57.8 Å². The number of amides is 2. The van der Waals surface area contributed by atoms with Gasteiger partial charge in [-0.2, -0.15) is 11.8 Å². The third-order valence-corrected chi connectivity index (χ3v) is 5.72. The van der Waals surface area contributed by atoms with Crippen LogP contribution in [0, 0.1) is 0 Å². The summed E-state index contributed by atoms with van der Waals surface area (Å²) in [6.45, 7) is 6.08. The fourth-order valence-corrected chi connectivity index (χ4v) is 4.41. The highest BCUT2D eigenvalue weighted by Gasteiger charge is 2.44. The monoisotopic (exact) mass is 397 g/mol. The first kappa shape index (κ1) is 20.9. The smallest absolute Gasteiger partial charge is 0.412 e. The lowest BCUT2D eigenvalue weighted by atomic mass is 10.2. The molecule has 0 aliphatic carbocycles. The molecule has 2 rings (SSSR count). The molecule has 2 unspecified atom stereocenters. The van der Waals surface area contributed by atoms with Crippen molar-refractivity contribution in [2.75, 3.05) is 24.3 Å². The van der Waals surface area contributed by atoms with E-state index in [0.29, 0.717) is 12.3 Å². The third-order valence-electron chi connectivity index (χ3n) is 3.70. The van der Waals surface area contributed by atoms with Crippen molar-refractivity contribution in [1.29, 1.82) is 0 Å². The number of carbonyl (C=O) groups excluding carboxylic acids is 2. The second kappa shape index (κ2) is 9.50. The molecule has 8 heteroatoms. The molecule has 0 radical (unpaired) electrons. The van der Waals surface area contributed by atoms with Crippen LogP contribution in [0.2, 0.25) is 0 Å². The normalized spacial score (nSPS) is 20.1. The summed E-state index contributed by atoms with van der Waals surface area (Å²) in [7, 11) is 0. The number of aromatic nitrogens is 1. The molecule has 2 amide bonds. The molecule has 1 N–H and O–H groups in total. The number of thioether (sulfide) groups is 2. The second-order valence-corrected chi connectivity index (χ2v) is 9.11. The molecular formula is C18H27N3O3S2.